The van der Waals surface area contributed by atoms with Gasteiger partial charge in [-0.3, -0.25) is 19.7 Å². The summed E-state index contributed by atoms with van der Waals surface area (Å²) in [6.45, 7) is 1.73. The maximum absolute atomic E-state index is 11.4. The van der Waals surface area contributed by atoms with Crippen LogP contribution in [0.5, 0.6) is 5.75 Å². The van der Waals surface area contributed by atoms with Crippen LogP contribution in [0.25, 0.3) is 0 Å². The molecule has 0 aliphatic carbocycles. The molecule has 0 fully saturated rings. The van der Waals surface area contributed by atoms with Gasteiger partial charge in [-0.1, -0.05) is 12.8 Å². The summed E-state index contributed by atoms with van der Waals surface area (Å²) in [4.78, 5) is 32.2. The van der Waals surface area contributed by atoms with E-state index in [2.05, 4.69) is 0 Å². The highest BCUT2D eigenvalue weighted by molar-refractivity contribution is 6.63. The molecular weight excluding hydrogens is 310 g/mol. The number of hydrogen-bond donors (Lipinski definition) is 0. The summed E-state index contributed by atoms with van der Waals surface area (Å²) in [5.41, 5.74) is -0.172. The third-order valence-electron chi connectivity index (χ3n) is 3.08. The lowest BCUT2D eigenvalue weighted by molar-refractivity contribution is -0.385. The van der Waals surface area contributed by atoms with Crippen molar-refractivity contribution in [2.45, 2.75) is 39.0 Å². The summed E-state index contributed by atoms with van der Waals surface area (Å²) in [5, 5.41) is 10.5. The minimum atomic E-state index is -0.585. The lowest BCUT2D eigenvalue weighted by Crippen LogP contribution is -2.03. The average Bonchev–Trinajstić information content (AvgIpc) is 2.45. The predicted octanol–water partition coefficient (Wildman–Crippen LogP) is 3.89. The highest BCUT2D eigenvalue weighted by atomic mass is 35.5. The maximum atomic E-state index is 11.4. The van der Waals surface area contributed by atoms with Gasteiger partial charge < -0.3 is 4.74 Å². The van der Waals surface area contributed by atoms with E-state index >= 15 is 0 Å². The van der Waals surface area contributed by atoms with Crippen molar-refractivity contribution in [3.63, 3.8) is 0 Å². The first-order valence-electron chi connectivity index (χ1n) is 7.02. The van der Waals surface area contributed by atoms with Gasteiger partial charge >= 0.3 is 0 Å². The fourth-order valence-corrected chi connectivity index (χ4v) is 2.09. The Morgan fingerprint density at radius 3 is 2.50 bits per heavy atom. The number of ether oxygens (including phenoxy) is 1. The molecule has 120 valence electrons. The van der Waals surface area contributed by atoms with Crippen molar-refractivity contribution >= 4 is 28.3 Å². The monoisotopic (exact) mass is 327 g/mol. The van der Waals surface area contributed by atoms with E-state index in [9.17, 15) is 19.7 Å². The van der Waals surface area contributed by atoms with Gasteiger partial charge in [-0.15, -0.1) is 0 Å². The predicted molar refractivity (Wildman–Crippen MR) is 82.5 cm³/mol. The van der Waals surface area contributed by atoms with Crippen LogP contribution in [0, 0.1) is 10.1 Å². The molecule has 6 nitrogen and oxygen atoms in total. The number of ketones is 1. The van der Waals surface area contributed by atoms with Crippen LogP contribution >= 0.6 is 11.6 Å². The summed E-state index contributed by atoms with van der Waals surface area (Å²) < 4.78 is 5.49. The number of nitro benzene ring substituents is 1. The van der Waals surface area contributed by atoms with Gasteiger partial charge in [0.25, 0.3) is 5.69 Å². The van der Waals surface area contributed by atoms with Gasteiger partial charge in [0.05, 0.1) is 17.1 Å². The lowest BCUT2D eigenvalue weighted by Gasteiger charge is -2.07. The Kier molecular flexibility index (Phi) is 7.52. The van der Waals surface area contributed by atoms with E-state index in [4.69, 9.17) is 16.3 Å². The highest BCUT2D eigenvalue weighted by Crippen LogP contribution is 2.24. The van der Waals surface area contributed by atoms with E-state index in [1.165, 1.54) is 25.1 Å². The van der Waals surface area contributed by atoms with Crippen molar-refractivity contribution in [1.29, 1.82) is 0 Å². The fourth-order valence-electron chi connectivity index (χ4n) is 1.96. The Balaban J connectivity index is 2.43. The number of hydrogen-bond acceptors (Lipinski definition) is 5. The van der Waals surface area contributed by atoms with Gasteiger partial charge in [0, 0.05) is 12.5 Å². The Bertz CT molecular complexity index is 559. The number of unbranched alkanes of at least 4 members (excludes halogenated alkanes) is 3. The van der Waals surface area contributed by atoms with Gasteiger partial charge in [-0.25, -0.2) is 0 Å². The number of rotatable bonds is 10. The van der Waals surface area contributed by atoms with Crippen molar-refractivity contribution in [2.24, 2.45) is 0 Å². The molecule has 0 atom stereocenters. The first kappa shape index (κ1) is 18.1. The molecule has 0 unspecified atom stereocenters. The maximum Gasteiger partial charge on any atom is 0.280 e. The van der Waals surface area contributed by atoms with Crippen LogP contribution in [0.2, 0.25) is 0 Å². The number of nitro groups is 1. The molecule has 7 heteroatoms. The largest absolute Gasteiger partial charge is 0.494 e. The van der Waals surface area contributed by atoms with Crippen molar-refractivity contribution in [3.05, 3.63) is 33.9 Å². The smallest absolute Gasteiger partial charge is 0.280 e. The van der Waals surface area contributed by atoms with Crippen molar-refractivity contribution in [3.8, 4) is 5.75 Å². The molecule has 22 heavy (non-hydrogen) atoms. The molecule has 0 saturated heterocycles. The third-order valence-corrected chi connectivity index (χ3v) is 3.27. The first-order valence-corrected chi connectivity index (χ1v) is 7.40. The lowest BCUT2D eigenvalue weighted by atomic mass is 10.1. The average molecular weight is 328 g/mol. The van der Waals surface area contributed by atoms with E-state index in [1.807, 2.05) is 0 Å². The quantitative estimate of drug-likeness (QED) is 0.214. The zero-order chi connectivity index (χ0) is 16.5. The van der Waals surface area contributed by atoms with E-state index in [0.717, 1.165) is 25.7 Å². The zero-order valence-electron chi connectivity index (χ0n) is 12.3. The molecule has 0 aromatic heterocycles. The Hall–Kier alpha value is -1.95. The molecular formula is C15H18ClNO5. The van der Waals surface area contributed by atoms with E-state index in [1.54, 1.807) is 0 Å². The number of Topliss-reactive ketones (excluding diaryl/α,β-unsaturated/α-hetero) is 1. The minimum absolute atomic E-state index is 0.0446. The molecule has 0 heterocycles. The second-order valence-electron chi connectivity index (χ2n) is 4.86. The number of benzene rings is 1. The van der Waals surface area contributed by atoms with Crippen molar-refractivity contribution < 1.29 is 19.2 Å². The number of halogens is 1. The van der Waals surface area contributed by atoms with Crippen LogP contribution in [0.1, 0.15) is 49.4 Å². The van der Waals surface area contributed by atoms with Crippen LogP contribution in [-0.2, 0) is 4.79 Å². The van der Waals surface area contributed by atoms with Crippen LogP contribution in [0.15, 0.2) is 18.2 Å². The summed E-state index contributed by atoms with van der Waals surface area (Å²) in [5.74, 6) is 0.0645. The summed E-state index contributed by atoms with van der Waals surface area (Å²) in [6, 6.07) is 4.15. The molecule has 0 aliphatic heterocycles. The Morgan fingerprint density at radius 1 is 1.23 bits per heavy atom. The first-order chi connectivity index (χ1) is 10.4. The van der Waals surface area contributed by atoms with Gasteiger partial charge in [-0.05, 0) is 43.5 Å². The van der Waals surface area contributed by atoms with Crippen LogP contribution in [0.3, 0.4) is 0 Å². The van der Waals surface area contributed by atoms with Crippen LogP contribution in [-0.4, -0.2) is 22.6 Å². The van der Waals surface area contributed by atoms with Crippen LogP contribution < -0.4 is 4.74 Å². The zero-order valence-corrected chi connectivity index (χ0v) is 13.1. The number of nitrogens with zero attached hydrogens (tertiary/aromatic N) is 1. The number of carbonyl (C=O) groups is 2. The van der Waals surface area contributed by atoms with E-state index in [-0.39, 0.29) is 22.3 Å². The topological polar surface area (TPSA) is 86.5 Å². The van der Waals surface area contributed by atoms with Gasteiger partial charge in [-0.2, -0.15) is 0 Å². The highest BCUT2D eigenvalue weighted by Gasteiger charge is 2.17. The fraction of sp³-hybridized carbons (Fsp3) is 0.467. The normalized spacial score (nSPS) is 10.3. The van der Waals surface area contributed by atoms with Gasteiger partial charge in [0.15, 0.2) is 5.78 Å². The van der Waals surface area contributed by atoms with E-state index < -0.39 is 4.92 Å². The standard InChI is InChI=1S/C15H18ClNO5/c1-11(18)13-10-12(7-8-14(13)17(20)21)22-9-5-3-2-4-6-15(16)19/h7-8,10H,2-6,9H2,1H3. The van der Waals surface area contributed by atoms with E-state index in [0.29, 0.717) is 18.8 Å². The molecule has 0 radical (unpaired) electrons. The van der Waals surface area contributed by atoms with Gasteiger partial charge in [0.1, 0.15) is 5.75 Å². The number of carbonyl (C=O) groups excluding carboxylic acids is 2. The molecule has 1 aromatic rings. The SMILES string of the molecule is CC(=O)c1cc(OCCCCCCC(=O)Cl)ccc1[N+](=O)[O-]. The summed E-state index contributed by atoms with van der Waals surface area (Å²) in [7, 11) is 0. The second kappa shape index (κ2) is 9.15. The molecule has 0 N–H and O–H groups in total. The molecule has 0 spiro atoms. The molecule has 0 aliphatic rings. The molecule has 0 bridgehead atoms. The molecule has 0 saturated carbocycles. The Labute approximate surface area is 133 Å². The minimum Gasteiger partial charge on any atom is -0.494 e. The summed E-state index contributed by atoms with van der Waals surface area (Å²) >= 11 is 5.23. The Morgan fingerprint density at radius 2 is 1.91 bits per heavy atom. The third kappa shape index (κ3) is 6.22. The van der Waals surface area contributed by atoms with Crippen LogP contribution in [0.4, 0.5) is 5.69 Å². The molecule has 1 aromatic carbocycles. The van der Waals surface area contributed by atoms with Crippen molar-refractivity contribution in [2.75, 3.05) is 6.61 Å². The molecule has 1 rings (SSSR count). The second-order valence-corrected chi connectivity index (χ2v) is 5.28. The molecule has 0 amide bonds. The summed E-state index contributed by atoms with van der Waals surface area (Å²) in [6.07, 6.45) is 3.72. The van der Waals surface area contributed by atoms with Crippen molar-refractivity contribution in [1.82, 2.24) is 0 Å². The van der Waals surface area contributed by atoms with Gasteiger partial charge in [0.2, 0.25) is 5.24 Å².